The van der Waals surface area contributed by atoms with Gasteiger partial charge in [-0.15, -0.1) is 0 Å². The fourth-order valence-corrected chi connectivity index (χ4v) is 3.34. The van der Waals surface area contributed by atoms with Crippen molar-refractivity contribution in [3.05, 3.63) is 29.5 Å². The lowest BCUT2D eigenvalue weighted by Gasteiger charge is -2.25. The Labute approximate surface area is 122 Å². The van der Waals surface area contributed by atoms with Crippen molar-refractivity contribution in [3.63, 3.8) is 0 Å². The normalized spacial score (nSPS) is 15.6. The second-order valence-electron chi connectivity index (χ2n) is 4.82. The molecule has 0 saturated carbocycles. The van der Waals surface area contributed by atoms with E-state index in [2.05, 4.69) is 0 Å². The summed E-state index contributed by atoms with van der Waals surface area (Å²) in [5.41, 5.74) is 1.63. The molecule has 0 spiro atoms. The molecule has 2 aromatic rings. The fourth-order valence-electron chi connectivity index (χ4n) is 2.44. The van der Waals surface area contributed by atoms with Crippen LogP contribution in [0.5, 0.6) is 5.75 Å². The number of nitrogens with zero attached hydrogens (tertiary/aromatic N) is 1. The standard InChI is InChI=1S/C15H17NO3S/c1-10-12-9-11(18-2)3-4-13(12)19-14(10)15(17)16-5-7-20-8-6-16/h3-4,9H,5-8H2,1-2H3. The Balaban J connectivity index is 1.98. The molecule has 0 atom stereocenters. The molecule has 0 N–H and O–H groups in total. The molecule has 0 radical (unpaired) electrons. The minimum atomic E-state index is -0.00188. The summed E-state index contributed by atoms with van der Waals surface area (Å²) in [6, 6.07) is 5.61. The van der Waals surface area contributed by atoms with Crippen LogP contribution in [0.3, 0.4) is 0 Å². The summed E-state index contributed by atoms with van der Waals surface area (Å²) in [6.07, 6.45) is 0. The number of amides is 1. The van der Waals surface area contributed by atoms with Gasteiger partial charge in [0.2, 0.25) is 0 Å². The number of hydrogen-bond donors (Lipinski definition) is 0. The van der Waals surface area contributed by atoms with Gasteiger partial charge in [-0.2, -0.15) is 11.8 Å². The van der Waals surface area contributed by atoms with E-state index in [1.165, 1.54) is 0 Å². The Kier molecular flexibility index (Phi) is 3.61. The Morgan fingerprint density at radius 1 is 1.35 bits per heavy atom. The van der Waals surface area contributed by atoms with Gasteiger partial charge < -0.3 is 14.1 Å². The van der Waals surface area contributed by atoms with E-state index >= 15 is 0 Å². The lowest BCUT2D eigenvalue weighted by atomic mass is 10.1. The maximum atomic E-state index is 12.5. The maximum Gasteiger partial charge on any atom is 0.289 e. The van der Waals surface area contributed by atoms with Crippen LogP contribution in [0.15, 0.2) is 22.6 Å². The molecule has 20 heavy (non-hydrogen) atoms. The largest absolute Gasteiger partial charge is 0.497 e. The third-order valence-electron chi connectivity index (χ3n) is 3.64. The predicted molar refractivity (Wildman–Crippen MR) is 80.7 cm³/mol. The van der Waals surface area contributed by atoms with E-state index in [9.17, 15) is 4.79 Å². The van der Waals surface area contributed by atoms with Crippen LogP contribution in [0, 0.1) is 6.92 Å². The predicted octanol–water partition coefficient (Wildman–Crippen LogP) is 2.94. The van der Waals surface area contributed by atoms with Crippen LogP contribution in [-0.2, 0) is 0 Å². The van der Waals surface area contributed by atoms with Gasteiger partial charge in [0.1, 0.15) is 11.3 Å². The van der Waals surface area contributed by atoms with Crippen LogP contribution in [0.4, 0.5) is 0 Å². The molecule has 0 unspecified atom stereocenters. The molecule has 4 nitrogen and oxygen atoms in total. The third kappa shape index (κ3) is 2.26. The Bertz CT molecular complexity index is 644. The van der Waals surface area contributed by atoms with E-state index in [1.807, 2.05) is 41.8 Å². The van der Waals surface area contributed by atoms with Gasteiger partial charge in [0.25, 0.3) is 5.91 Å². The zero-order valence-corrected chi connectivity index (χ0v) is 12.5. The average Bonchev–Trinajstić information content (AvgIpc) is 2.84. The van der Waals surface area contributed by atoms with Crippen molar-refractivity contribution in [2.45, 2.75) is 6.92 Å². The van der Waals surface area contributed by atoms with E-state index < -0.39 is 0 Å². The van der Waals surface area contributed by atoms with Crippen LogP contribution >= 0.6 is 11.8 Å². The molecular weight excluding hydrogens is 274 g/mol. The molecule has 106 valence electrons. The summed E-state index contributed by atoms with van der Waals surface area (Å²) in [5, 5.41) is 0.944. The van der Waals surface area contributed by atoms with Gasteiger partial charge in [-0.25, -0.2) is 0 Å². The van der Waals surface area contributed by atoms with E-state index in [0.29, 0.717) is 5.76 Å². The fraction of sp³-hybridized carbons (Fsp3) is 0.400. The van der Waals surface area contributed by atoms with Crippen molar-refractivity contribution in [2.75, 3.05) is 31.7 Å². The summed E-state index contributed by atoms with van der Waals surface area (Å²) in [4.78, 5) is 14.4. The minimum Gasteiger partial charge on any atom is -0.497 e. The summed E-state index contributed by atoms with van der Waals surface area (Å²) in [5.74, 6) is 3.23. The summed E-state index contributed by atoms with van der Waals surface area (Å²) >= 11 is 1.88. The molecule has 1 fully saturated rings. The van der Waals surface area contributed by atoms with Crippen molar-refractivity contribution < 1.29 is 13.9 Å². The molecule has 5 heteroatoms. The molecule has 1 saturated heterocycles. The quantitative estimate of drug-likeness (QED) is 0.853. The summed E-state index contributed by atoms with van der Waals surface area (Å²) < 4.78 is 11.0. The Hall–Kier alpha value is -1.62. The number of fused-ring (bicyclic) bond motifs is 1. The molecule has 1 aromatic heterocycles. The number of hydrogen-bond acceptors (Lipinski definition) is 4. The van der Waals surface area contributed by atoms with Crippen LogP contribution in [-0.4, -0.2) is 42.5 Å². The molecule has 0 aliphatic carbocycles. The first-order valence-corrected chi connectivity index (χ1v) is 7.80. The lowest BCUT2D eigenvalue weighted by molar-refractivity contribution is 0.0742. The van der Waals surface area contributed by atoms with E-state index in [0.717, 1.165) is 46.9 Å². The monoisotopic (exact) mass is 291 g/mol. The second kappa shape index (κ2) is 5.40. The maximum absolute atomic E-state index is 12.5. The third-order valence-corrected chi connectivity index (χ3v) is 4.58. The van der Waals surface area contributed by atoms with Crippen molar-refractivity contribution >= 4 is 28.6 Å². The number of aryl methyl sites for hydroxylation is 1. The number of carbonyl (C=O) groups is 1. The average molecular weight is 291 g/mol. The number of benzene rings is 1. The topological polar surface area (TPSA) is 42.7 Å². The lowest BCUT2D eigenvalue weighted by Crippen LogP contribution is -2.37. The number of carbonyl (C=O) groups excluding carboxylic acids is 1. The summed E-state index contributed by atoms with van der Waals surface area (Å²) in [6.45, 7) is 3.52. The zero-order chi connectivity index (χ0) is 14.1. The van der Waals surface area contributed by atoms with Crippen molar-refractivity contribution in [2.24, 2.45) is 0 Å². The Morgan fingerprint density at radius 3 is 2.80 bits per heavy atom. The van der Waals surface area contributed by atoms with E-state index in [1.54, 1.807) is 7.11 Å². The smallest absolute Gasteiger partial charge is 0.289 e. The van der Waals surface area contributed by atoms with Gasteiger partial charge >= 0.3 is 0 Å². The first kappa shape index (κ1) is 13.4. The first-order chi connectivity index (χ1) is 9.70. The molecule has 1 amide bonds. The molecule has 1 aliphatic rings. The molecule has 1 aromatic carbocycles. The number of rotatable bonds is 2. The molecule has 2 heterocycles. The van der Waals surface area contributed by atoms with Gasteiger partial charge in [-0.05, 0) is 25.1 Å². The number of furan rings is 1. The number of methoxy groups -OCH3 is 1. The molecule has 0 bridgehead atoms. The Morgan fingerprint density at radius 2 is 2.10 bits per heavy atom. The van der Waals surface area contributed by atoms with E-state index in [-0.39, 0.29) is 5.91 Å². The van der Waals surface area contributed by atoms with Crippen molar-refractivity contribution in [1.82, 2.24) is 4.90 Å². The van der Waals surface area contributed by atoms with Gasteiger partial charge in [0, 0.05) is 35.5 Å². The first-order valence-electron chi connectivity index (χ1n) is 6.65. The molecular formula is C15H17NO3S. The minimum absolute atomic E-state index is 0.00188. The van der Waals surface area contributed by atoms with Crippen LogP contribution in [0.1, 0.15) is 16.1 Å². The molecule has 3 rings (SSSR count). The van der Waals surface area contributed by atoms with Crippen LogP contribution in [0.25, 0.3) is 11.0 Å². The van der Waals surface area contributed by atoms with Crippen molar-refractivity contribution in [1.29, 1.82) is 0 Å². The highest BCUT2D eigenvalue weighted by atomic mass is 32.2. The van der Waals surface area contributed by atoms with Gasteiger partial charge in [-0.3, -0.25) is 4.79 Å². The highest BCUT2D eigenvalue weighted by Crippen LogP contribution is 2.29. The SMILES string of the molecule is COc1ccc2oc(C(=O)N3CCSCC3)c(C)c2c1. The zero-order valence-electron chi connectivity index (χ0n) is 11.6. The number of thioether (sulfide) groups is 1. The molecule has 1 aliphatic heterocycles. The van der Waals surface area contributed by atoms with Gasteiger partial charge in [0.05, 0.1) is 7.11 Å². The van der Waals surface area contributed by atoms with Crippen LogP contribution in [0.2, 0.25) is 0 Å². The highest BCUT2D eigenvalue weighted by molar-refractivity contribution is 7.99. The second-order valence-corrected chi connectivity index (χ2v) is 6.05. The van der Waals surface area contributed by atoms with Crippen molar-refractivity contribution in [3.8, 4) is 5.75 Å². The highest BCUT2D eigenvalue weighted by Gasteiger charge is 2.24. The van der Waals surface area contributed by atoms with Crippen LogP contribution < -0.4 is 4.74 Å². The van der Waals surface area contributed by atoms with Gasteiger partial charge in [0.15, 0.2) is 5.76 Å². The van der Waals surface area contributed by atoms with E-state index in [4.69, 9.17) is 9.15 Å². The summed E-state index contributed by atoms with van der Waals surface area (Å²) in [7, 11) is 1.63. The van der Waals surface area contributed by atoms with Gasteiger partial charge in [-0.1, -0.05) is 0 Å². The number of ether oxygens (including phenoxy) is 1.